The van der Waals surface area contributed by atoms with Crippen molar-refractivity contribution in [3.63, 3.8) is 0 Å². The summed E-state index contributed by atoms with van der Waals surface area (Å²) in [4.78, 5) is 27.9. The van der Waals surface area contributed by atoms with Crippen LogP contribution in [0, 0.1) is 11.8 Å². The second-order valence-electron chi connectivity index (χ2n) is 3.93. The first-order valence-electron chi connectivity index (χ1n) is 5.39. The maximum absolute atomic E-state index is 13.6. The van der Waals surface area contributed by atoms with Crippen molar-refractivity contribution < 1.29 is 18.4 Å². The van der Waals surface area contributed by atoms with Crippen molar-refractivity contribution in [3.8, 4) is 0 Å². The van der Waals surface area contributed by atoms with E-state index < -0.39 is 29.3 Å². The van der Waals surface area contributed by atoms with Gasteiger partial charge in [-0.25, -0.2) is 9.88 Å². The summed E-state index contributed by atoms with van der Waals surface area (Å²) in [7, 11) is 0. The minimum Gasteiger partial charge on any atom is -0.268 e. The lowest BCUT2D eigenvalue weighted by atomic mass is 10.1. The molecule has 0 fully saturated rings. The van der Waals surface area contributed by atoms with Gasteiger partial charge in [0.25, 0.3) is 17.8 Å². The number of rotatable bonds is 1. The summed E-state index contributed by atoms with van der Waals surface area (Å²) < 4.78 is 26.7. The van der Waals surface area contributed by atoms with Crippen molar-refractivity contribution in [1.29, 1.82) is 0 Å². The van der Waals surface area contributed by atoms with Crippen LogP contribution in [0.25, 0.3) is 0 Å². The molecule has 19 heavy (non-hydrogen) atoms. The third-order valence-electron chi connectivity index (χ3n) is 2.86. The fourth-order valence-corrected chi connectivity index (χ4v) is 1.99. The van der Waals surface area contributed by atoms with Gasteiger partial charge in [-0.1, -0.05) is 12.1 Å². The van der Waals surface area contributed by atoms with Gasteiger partial charge in [-0.05, 0) is 18.2 Å². The topological polar surface area (TPSA) is 50.3 Å². The Hall–Kier alpha value is -2.63. The van der Waals surface area contributed by atoms with E-state index in [1.54, 1.807) is 12.1 Å². The molecule has 2 aromatic rings. The third kappa shape index (κ3) is 1.53. The molecule has 0 spiro atoms. The smallest absolute Gasteiger partial charge is 0.266 e. The molecular weight excluding hydrogens is 254 g/mol. The Bertz CT molecular complexity index is 681. The Morgan fingerprint density at radius 3 is 2.11 bits per heavy atom. The van der Waals surface area contributed by atoms with E-state index in [0.717, 1.165) is 12.3 Å². The highest BCUT2D eigenvalue weighted by molar-refractivity contribution is 6.34. The number of amides is 2. The Labute approximate surface area is 106 Å². The number of anilines is 1. The van der Waals surface area contributed by atoms with Gasteiger partial charge in [-0.3, -0.25) is 9.59 Å². The molecular formula is C13H6F2N2O2. The number of hydrogen-bond donors (Lipinski definition) is 0. The molecule has 3 rings (SSSR count). The number of halogens is 2. The molecule has 2 amide bonds. The summed E-state index contributed by atoms with van der Waals surface area (Å²) in [6.07, 6.45) is 0.997. The molecule has 0 saturated heterocycles. The number of aromatic nitrogens is 1. The molecule has 1 aliphatic heterocycles. The summed E-state index contributed by atoms with van der Waals surface area (Å²) in [6.45, 7) is 0. The van der Waals surface area contributed by atoms with Crippen LogP contribution in [0.5, 0.6) is 0 Å². The molecule has 4 nitrogen and oxygen atoms in total. The number of benzene rings is 1. The molecule has 0 atom stereocenters. The molecule has 0 aliphatic carbocycles. The maximum atomic E-state index is 13.6. The lowest BCUT2D eigenvalue weighted by Crippen LogP contribution is -2.30. The summed E-state index contributed by atoms with van der Waals surface area (Å²) in [5.41, 5.74) is -0.0908. The quantitative estimate of drug-likeness (QED) is 0.583. The van der Waals surface area contributed by atoms with Crippen LogP contribution < -0.4 is 4.90 Å². The molecule has 1 aromatic carbocycles. The number of pyridine rings is 1. The predicted octanol–water partition coefficient (Wildman–Crippen LogP) is 2.16. The molecule has 94 valence electrons. The summed E-state index contributed by atoms with van der Waals surface area (Å²) in [5.74, 6) is -4.03. The SMILES string of the molecule is O=C1c2ccccc2C(=O)N1c1ccnc(F)c1F. The van der Waals surface area contributed by atoms with Gasteiger partial charge in [0.1, 0.15) is 0 Å². The summed E-state index contributed by atoms with van der Waals surface area (Å²) in [5, 5.41) is 0. The molecule has 0 saturated carbocycles. The number of nitrogens with zero attached hydrogens (tertiary/aromatic N) is 2. The van der Waals surface area contributed by atoms with Gasteiger partial charge in [-0.2, -0.15) is 8.78 Å². The van der Waals surface area contributed by atoms with Crippen LogP contribution >= 0.6 is 0 Å². The van der Waals surface area contributed by atoms with Crippen molar-refractivity contribution in [1.82, 2.24) is 4.98 Å². The van der Waals surface area contributed by atoms with Gasteiger partial charge in [-0.15, -0.1) is 0 Å². The molecule has 0 radical (unpaired) electrons. The van der Waals surface area contributed by atoms with Crippen molar-refractivity contribution >= 4 is 17.5 Å². The van der Waals surface area contributed by atoms with Crippen LogP contribution in [0.1, 0.15) is 20.7 Å². The van der Waals surface area contributed by atoms with E-state index in [9.17, 15) is 18.4 Å². The van der Waals surface area contributed by atoms with Gasteiger partial charge < -0.3 is 0 Å². The minimum atomic E-state index is -1.35. The largest absolute Gasteiger partial charge is 0.268 e. The van der Waals surface area contributed by atoms with Gasteiger partial charge in [0, 0.05) is 6.20 Å². The molecule has 0 bridgehead atoms. The second-order valence-corrected chi connectivity index (χ2v) is 3.93. The zero-order valence-electron chi connectivity index (χ0n) is 9.43. The summed E-state index contributed by atoms with van der Waals surface area (Å²) >= 11 is 0. The Morgan fingerprint density at radius 2 is 1.53 bits per heavy atom. The first-order chi connectivity index (χ1) is 9.11. The van der Waals surface area contributed by atoms with E-state index in [1.807, 2.05) is 0 Å². The molecule has 2 heterocycles. The number of hydrogen-bond acceptors (Lipinski definition) is 3. The van der Waals surface area contributed by atoms with E-state index in [0.29, 0.717) is 4.90 Å². The average molecular weight is 260 g/mol. The summed E-state index contributed by atoms with van der Waals surface area (Å²) in [6, 6.07) is 7.20. The van der Waals surface area contributed by atoms with Crippen molar-refractivity contribution in [2.75, 3.05) is 4.90 Å². The first kappa shape index (κ1) is 11.5. The maximum Gasteiger partial charge on any atom is 0.266 e. The van der Waals surface area contributed by atoms with Gasteiger partial charge in [0.2, 0.25) is 5.82 Å². The van der Waals surface area contributed by atoms with Crippen molar-refractivity contribution in [3.05, 3.63) is 59.4 Å². The standard InChI is InChI=1S/C13H6F2N2O2/c14-10-9(5-6-16-11(10)15)17-12(18)7-3-1-2-4-8(7)13(17)19/h1-6H. The van der Waals surface area contributed by atoms with E-state index in [1.165, 1.54) is 12.1 Å². The zero-order valence-corrected chi connectivity index (χ0v) is 9.43. The number of imide groups is 1. The highest BCUT2D eigenvalue weighted by Crippen LogP contribution is 2.30. The Balaban J connectivity index is 2.17. The lowest BCUT2D eigenvalue weighted by molar-refractivity contribution is 0.0924. The molecule has 6 heteroatoms. The fourth-order valence-electron chi connectivity index (χ4n) is 1.99. The van der Waals surface area contributed by atoms with Gasteiger partial charge in [0.05, 0.1) is 16.8 Å². The predicted molar refractivity (Wildman–Crippen MR) is 61.7 cm³/mol. The van der Waals surface area contributed by atoms with Crippen LogP contribution in [0.4, 0.5) is 14.5 Å². The zero-order chi connectivity index (χ0) is 13.6. The molecule has 0 unspecified atom stereocenters. The minimum absolute atomic E-state index is 0.170. The van der Waals surface area contributed by atoms with E-state index in [2.05, 4.69) is 4.98 Å². The number of carbonyl (C=O) groups excluding carboxylic acids is 2. The fraction of sp³-hybridized carbons (Fsp3) is 0. The Morgan fingerprint density at radius 1 is 0.947 bits per heavy atom. The van der Waals surface area contributed by atoms with Crippen LogP contribution in [0.3, 0.4) is 0 Å². The van der Waals surface area contributed by atoms with Crippen LogP contribution in [-0.4, -0.2) is 16.8 Å². The van der Waals surface area contributed by atoms with E-state index >= 15 is 0 Å². The number of carbonyl (C=O) groups is 2. The van der Waals surface area contributed by atoms with E-state index in [4.69, 9.17) is 0 Å². The lowest BCUT2D eigenvalue weighted by Gasteiger charge is -2.14. The molecule has 0 N–H and O–H groups in total. The first-order valence-corrected chi connectivity index (χ1v) is 5.39. The normalized spacial score (nSPS) is 13.9. The molecule has 1 aliphatic rings. The second kappa shape index (κ2) is 3.94. The van der Waals surface area contributed by atoms with Gasteiger partial charge in [0.15, 0.2) is 0 Å². The van der Waals surface area contributed by atoms with Crippen LogP contribution in [0.2, 0.25) is 0 Å². The van der Waals surface area contributed by atoms with E-state index in [-0.39, 0.29) is 11.1 Å². The van der Waals surface area contributed by atoms with Crippen molar-refractivity contribution in [2.45, 2.75) is 0 Å². The highest BCUT2D eigenvalue weighted by Gasteiger charge is 2.38. The average Bonchev–Trinajstić information content (AvgIpc) is 2.67. The van der Waals surface area contributed by atoms with Gasteiger partial charge >= 0.3 is 0 Å². The number of fused-ring (bicyclic) bond motifs is 1. The highest BCUT2D eigenvalue weighted by atomic mass is 19.2. The Kier molecular flexibility index (Phi) is 2.38. The monoisotopic (exact) mass is 260 g/mol. The van der Waals surface area contributed by atoms with Crippen molar-refractivity contribution in [2.24, 2.45) is 0 Å². The van der Waals surface area contributed by atoms with Crippen LogP contribution in [-0.2, 0) is 0 Å². The van der Waals surface area contributed by atoms with Crippen LogP contribution in [0.15, 0.2) is 36.5 Å². The molecule has 1 aromatic heterocycles. The third-order valence-corrected chi connectivity index (χ3v) is 2.86.